The third-order valence-corrected chi connectivity index (χ3v) is 2.85. The second-order valence-electron chi connectivity index (χ2n) is 4.04. The normalized spacial score (nSPS) is 24.4. The molecular weight excluding hydrogens is 209 g/mol. The zero-order chi connectivity index (χ0) is 11.5. The fraction of sp³-hybridized carbons (Fsp3) is 0.455. The van der Waals surface area contributed by atoms with Crippen LogP contribution in [0.15, 0.2) is 18.3 Å². The lowest BCUT2D eigenvalue weighted by Crippen LogP contribution is -2.44. The molecule has 2 atom stereocenters. The van der Waals surface area contributed by atoms with Crippen LogP contribution in [0.3, 0.4) is 0 Å². The van der Waals surface area contributed by atoms with Gasteiger partial charge in [0.1, 0.15) is 11.5 Å². The lowest BCUT2D eigenvalue weighted by atomic mass is 10.2. The number of halogens is 1. The topological polar surface area (TPSA) is 68.0 Å². The molecule has 1 aliphatic rings. The van der Waals surface area contributed by atoms with Crippen molar-refractivity contribution in [3.05, 3.63) is 29.8 Å². The fourth-order valence-corrected chi connectivity index (χ4v) is 1.92. The number of carbonyl (C=O) groups is 1. The smallest absolute Gasteiger partial charge is 0.270 e. The first-order valence-corrected chi connectivity index (χ1v) is 5.35. The fourth-order valence-electron chi connectivity index (χ4n) is 1.92. The second kappa shape index (κ2) is 4.57. The van der Waals surface area contributed by atoms with Crippen LogP contribution in [0.25, 0.3) is 0 Å². The SMILES string of the molecule is NC1CCCC1NC(=O)c1ccc(F)cn1. The maximum Gasteiger partial charge on any atom is 0.270 e. The number of hydrogen-bond donors (Lipinski definition) is 2. The van der Waals surface area contributed by atoms with Gasteiger partial charge in [0.2, 0.25) is 0 Å². The van der Waals surface area contributed by atoms with Gasteiger partial charge >= 0.3 is 0 Å². The summed E-state index contributed by atoms with van der Waals surface area (Å²) in [5.74, 6) is -0.739. The van der Waals surface area contributed by atoms with E-state index in [0.717, 1.165) is 25.5 Å². The molecule has 0 aliphatic heterocycles. The van der Waals surface area contributed by atoms with Gasteiger partial charge in [-0.15, -0.1) is 0 Å². The monoisotopic (exact) mass is 223 g/mol. The molecule has 0 aromatic carbocycles. The molecule has 1 aliphatic carbocycles. The standard InChI is InChI=1S/C11H14FN3O/c12-7-4-5-10(14-6-7)11(16)15-9-3-1-2-8(9)13/h4-6,8-9H,1-3,13H2,(H,15,16). The highest BCUT2D eigenvalue weighted by atomic mass is 19.1. The number of amides is 1. The Balaban J connectivity index is 2.00. The van der Waals surface area contributed by atoms with Crippen molar-refractivity contribution >= 4 is 5.91 Å². The Morgan fingerprint density at radius 2 is 2.31 bits per heavy atom. The maximum atomic E-state index is 12.6. The highest BCUT2D eigenvalue weighted by Gasteiger charge is 2.25. The molecular formula is C11H14FN3O. The van der Waals surface area contributed by atoms with E-state index in [1.165, 1.54) is 12.1 Å². The molecule has 1 aromatic rings. The first kappa shape index (κ1) is 11.0. The van der Waals surface area contributed by atoms with Crippen LogP contribution in [-0.2, 0) is 0 Å². The summed E-state index contributed by atoms with van der Waals surface area (Å²) in [5, 5.41) is 2.82. The van der Waals surface area contributed by atoms with E-state index in [-0.39, 0.29) is 23.7 Å². The predicted octanol–water partition coefficient (Wildman–Crippen LogP) is 0.830. The molecule has 0 radical (unpaired) electrons. The van der Waals surface area contributed by atoms with E-state index in [2.05, 4.69) is 10.3 Å². The highest BCUT2D eigenvalue weighted by Crippen LogP contribution is 2.17. The number of nitrogens with one attached hydrogen (secondary N) is 1. The second-order valence-corrected chi connectivity index (χ2v) is 4.04. The third-order valence-electron chi connectivity index (χ3n) is 2.85. The van der Waals surface area contributed by atoms with Crippen LogP contribution in [0, 0.1) is 5.82 Å². The minimum Gasteiger partial charge on any atom is -0.346 e. The van der Waals surface area contributed by atoms with Gasteiger partial charge in [-0.1, -0.05) is 0 Å². The molecule has 2 unspecified atom stereocenters. The number of nitrogens with two attached hydrogens (primary N) is 1. The summed E-state index contributed by atoms with van der Waals surface area (Å²) in [5.41, 5.74) is 6.06. The Kier molecular flexibility index (Phi) is 3.14. The minimum absolute atomic E-state index is 0.0133. The number of nitrogens with zero attached hydrogens (tertiary/aromatic N) is 1. The van der Waals surface area contributed by atoms with E-state index in [1.54, 1.807) is 0 Å². The van der Waals surface area contributed by atoms with Gasteiger partial charge in [-0.25, -0.2) is 9.37 Å². The van der Waals surface area contributed by atoms with E-state index in [4.69, 9.17) is 5.73 Å². The quantitative estimate of drug-likeness (QED) is 0.780. The number of aromatic nitrogens is 1. The largest absolute Gasteiger partial charge is 0.346 e. The molecule has 3 N–H and O–H groups in total. The van der Waals surface area contributed by atoms with Gasteiger partial charge in [0.25, 0.3) is 5.91 Å². The summed E-state index contributed by atoms with van der Waals surface area (Å²) in [6.45, 7) is 0. The van der Waals surface area contributed by atoms with E-state index in [1.807, 2.05) is 0 Å². The molecule has 1 amide bonds. The number of rotatable bonds is 2. The van der Waals surface area contributed by atoms with Gasteiger partial charge in [-0.05, 0) is 31.4 Å². The van der Waals surface area contributed by atoms with Crippen molar-refractivity contribution in [2.75, 3.05) is 0 Å². The van der Waals surface area contributed by atoms with E-state index < -0.39 is 5.82 Å². The first-order valence-electron chi connectivity index (χ1n) is 5.35. The van der Waals surface area contributed by atoms with Crippen molar-refractivity contribution in [1.82, 2.24) is 10.3 Å². The highest BCUT2D eigenvalue weighted by molar-refractivity contribution is 5.92. The summed E-state index contributed by atoms with van der Waals surface area (Å²) in [4.78, 5) is 15.4. The Labute approximate surface area is 93.1 Å². The Bertz CT molecular complexity index is 379. The van der Waals surface area contributed by atoms with Crippen molar-refractivity contribution in [1.29, 1.82) is 0 Å². The Hall–Kier alpha value is -1.49. The molecule has 0 saturated heterocycles. The average molecular weight is 223 g/mol. The van der Waals surface area contributed by atoms with Crippen LogP contribution in [-0.4, -0.2) is 23.0 Å². The van der Waals surface area contributed by atoms with E-state index in [0.29, 0.717) is 0 Å². The molecule has 0 spiro atoms. The van der Waals surface area contributed by atoms with Crippen LogP contribution < -0.4 is 11.1 Å². The molecule has 4 nitrogen and oxygen atoms in total. The molecule has 86 valence electrons. The van der Waals surface area contributed by atoms with Crippen LogP contribution in [0.1, 0.15) is 29.8 Å². The summed E-state index contributed by atoms with van der Waals surface area (Å²) in [7, 11) is 0. The lowest BCUT2D eigenvalue weighted by molar-refractivity contribution is 0.0929. The zero-order valence-electron chi connectivity index (χ0n) is 8.82. The number of pyridine rings is 1. The van der Waals surface area contributed by atoms with Crippen LogP contribution >= 0.6 is 0 Å². The van der Waals surface area contributed by atoms with Crippen LogP contribution in [0.2, 0.25) is 0 Å². The molecule has 16 heavy (non-hydrogen) atoms. The summed E-state index contributed by atoms with van der Waals surface area (Å²) >= 11 is 0. The van der Waals surface area contributed by atoms with Crippen molar-refractivity contribution in [3.8, 4) is 0 Å². The van der Waals surface area contributed by atoms with Crippen molar-refractivity contribution < 1.29 is 9.18 Å². The molecule has 5 heteroatoms. The summed E-state index contributed by atoms with van der Waals surface area (Å²) in [6, 6.07) is 2.62. The van der Waals surface area contributed by atoms with Gasteiger partial charge in [0.05, 0.1) is 6.20 Å². The average Bonchev–Trinajstić information content (AvgIpc) is 2.65. The molecule has 1 fully saturated rings. The van der Waals surface area contributed by atoms with E-state index in [9.17, 15) is 9.18 Å². The van der Waals surface area contributed by atoms with Gasteiger partial charge in [-0.3, -0.25) is 4.79 Å². The van der Waals surface area contributed by atoms with Crippen molar-refractivity contribution in [3.63, 3.8) is 0 Å². The molecule has 0 bridgehead atoms. The number of hydrogen-bond acceptors (Lipinski definition) is 3. The Morgan fingerprint density at radius 3 is 2.88 bits per heavy atom. The predicted molar refractivity (Wildman–Crippen MR) is 57.3 cm³/mol. The van der Waals surface area contributed by atoms with E-state index >= 15 is 0 Å². The lowest BCUT2D eigenvalue weighted by Gasteiger charge is -2.16. The Morgan fingerprint density at radius 1 is 1.50 bits per heavy atom. The summed E-state index contributed by atoms with van der Waals surface area (Å²) in [6.07, 6.45) is 3.89. The molecule has 1 heterocycles. The van der Waals surface area contributed by atoms with Crippen LogP contribution in [0.4, 0.5) is 4.39 Å². The summed E-state index contributed by atoms with van der Waals surface area (Å²) < 4.78 is 12.6. The third kappa shape index (κ3) is 2.36. The zero-order valence-corrected chi connectivity index (χ0v) is 8.82. The van der Waals surface area contributed by atoms with Gasteiger partial charge in [-0.2, -0.15) is 0 Å². The van der Waals surface area contributed by atoms with Crippen LogP contribution in [0.5, 0.6) is 0 Å². The van der Waals surface area contributed by atoms with Gasteiger partial charge in [0.15, 0.2) is 0 Å². The first-order chi connectivity index (χ1) is 7.66. The molecule has 1 aromatic heterocycles. The van der Waals surface area contributed by atoms with Crippen molar-refractivity contribution in [2.24, 2.45) is 5.73 Å². The number of carbonyl (C=O) groups excluding carboxylic acids is 1. The van der Waals surface area contributed by atoms with Gasteiger partial charge < -0.3 is 11.1 Å². The molecule has 2 rings (SSSR count). The molecule has 1 saturated carbocycles. The maximum absolute atomic E-state index is 12.6. The van der Waals surface area contributed by atoms with Gasteiger partial charge in [0, 0.05) is 12.1 Å². The van der Waals surface area contributed by atoms with Crippen molar-refractivity contribution in [2.45, 2.75) is 31.3 Å². The minimum atomic E-state index is -0.450.